The van der Waals surface area contributed by atoms with Crippen LogP contribution >= 0.6 is 0 Å². The quantitative estimate of drug-likeness (QED) is 0.780. The molecule has 2 saturated carbocycles. The van der Waals surface area contributed by atoms with Crippen LogP contribution in [0.25, 0.3) is 0 Å². The van der Waals surface area contributed by atoms with E-state index in [0.29, 0.717) is 6.61 Å². The second-order valence-electron chi connectivity index (χ2n) is 5.44. The van der Waals surface area contributed by atoms with Gasteiger partial charge in [-0.2, -0.15) is 0 Å². The average Bonchev–Trinajstić information content (AvgIpc) is 2.27. The summed E-state index contributed by atoms with van der Waals surface area (Å²) in [6, 6.07) is 0.267. The number of carbonyl (C=O) groups excluding carboxylic acids is 2. The molecule has 18 heavy (non-hydrogen) atoms. The van der Waals surface area contributed by atoms with Crippen molar-refractivity contribution >= 4 is 11.9 Å². The molecule has 0 atom stereocenters. The van der Waals surface area contributed by atoms with E-state index in [2.05, 4.69) is 5.32 Å². The SMILES string of the molecule is CCOC(=O)C1CCC(NC(=O)C2CCC2)CC1. The predicted molar refractivity (Wildman–Crippen MR) is 67.9 cm³/mol. The fraction of sp³-hybridized carbons (Fsp3) is 0.857. The van der Waals surface area contributed by atoms with Gasteiger partial charge in [-0.3, -0.25) is 9.59 Å². The van der Waals surface area contributed by atoms with Gasteiger partial charge in [0.25, 0.3) is 0 Å². The molecule has 0 aromatic rings. The van der Waals surface area contributed by atoms with Gasteiger partial charge in [0.2, 0.25) is 5.91 Å². The summed E-state index contributed by atoms with van der Waals surface area (Å²) in [5.74, 6) is 0.455. The first-order valence-electron chi connectivity index (χ1n) is 7.17. The van der Waals surface area contributed by atoms with E-state index in [-0.39, 0.29) is 29.8 Å². The van der Waals surface area contributed by atoms with Gasteiger partial charge in [0.15, 0.2) is 0 Å². The molecule has 0 unspecified atom stereocenters. The lowest BCUT2D eigenvalue weighted by atomic mass is 9.83. The van der Waals surface area contributed by atoms with E-state index < -0.39 is 0 Å². The largest absolute Gasteiger partial charge is 0.466 e. The van der Waals surface area contributed by atoms with Crippen molar-refractivity contribution < 1.29 is 14.3 Å². The number of hydrogen-bond donors (Lipinski definition) is 1. The van der Waals surface area contributed by atoms with Gasteiger partial charge < -0.3 is 10.1 Å². The van der Waals surface area contributed by atoms with Crippen molar-refractivity contribution in [2.45, 2.75) is 57.9 Å². The van der Waals surface area contributed by atoms with Gasteiger partial charge in [0, 0.05) is 12.0 Å². The summed E-state index contributed by atoms with van der Waals surface area (Å²) in [6.45, 7) is 2.29. The van der Waals surface area contributed by atoms with Crippen LogP contribution in [0.3, 0.4) is 0 Å². The van der Waals surface area contributed by atoms with Crippen LogP contribution in [0.15, 0.2) is 0 Å². The molecule has 0 aromatic heterocycles. The van der Waals surface area contributed by atoms with Crippen molar-refractivity contribution in [3.05, 3.63) is 0 Å². The minimum Gasteiger partial charge on any atom is -0.466 e. The third kappa shape index (κ3) is 3.24. The minimum atomic E-state index is -0.0683. The Kier molecular flexibility index (Phi) is 4.61. The molecule has 4 nitrogen and oxygen atoms in total. The maximum absolute atomic E-state index is 11.8. The van der Waals surface area contributed by atoms with Crippen LogP contribution in [0.2, 0.25) is 0 Å². The Hall–Kier alpha value is -1.06. The monoisotopic (exact) mass is 253 g/mol. The molecular formula is C14H23NO3. The van der Waals surface area contributed by atoms with E-state index in [1.54, 1.807) is 0 Å². The molecule has 1 amide bonds. The van der Waals surface area contributed by atoms with Crippen LogP contribution in [0.5, 0.6) is 0 Å². The third-order valence-corrected chi connectivity index (χ3v) is 4.17. The normalized spacial score (nSPS) is 28.3. The van der Waals surface area contributed by atoms with Crippen molar-refractivity contribution in [3.8, 4) is 0 Å². The predicted octanol–water partition coefficient (Wildman–Crippen LogP) is 2.02. The van der Waals surface area contributed by atoms with Crippen LogP contribution < -0.4 is 5.32 Å². The third-order valence-electron chi connectivity index (χ3n) is 4.17. The van der Waals surface area contributed by atoms with E-state index in [1.165, 1.54) is 6.42 Å². The van der Waals surface area contributed by atoms with Gasteiger partial charge in [-0.05, 0) is 45.4 Å². The number of hydrogen-bond acceptors (Lipinski definition) is 3. The smallest absolute Gasteiger partial charge is 0.308 e. The highest BCUT2D eigenvalue weighted by atomic mass is 16.5. The molecule has 2 rings (SSSR count). The van der Waals surface area contributed by atoms with Crippen LogP contribution in [-0.4, -0.2) is 24.5 Å². The molecule has 2 fully saturated rings. The molecule has 102 valence electrons. The zero-order valence-electron chi connectivity index (χ0n) is 11.1. The van der Waals surface area contributed by atoms with Crippen molar-refractivity contribution in [3.63, 3.8) is 0 Å². The van der Waals surface area contributed by atoms with Gasteiger partial charge in [0.05, 0.1) is 12.5 Å². The van der Waals surface area contributed by atoms with Gasteiger partial charge >= 0.3 is 5.97 Å². The highest BCUT2D eigenvalue weighted by Gasteiger charge is 2.31. The average molecular weight is 253 g/mol. The zero-order chi connectivity index (χ0) is 13.0. The van der Waals surface area contributed by atoms with Crippen molar-refractivity contribution in [1.82, 2.24) is 5.32 Å². The number of esters is 1. The Morgan fingerprint density at radius 1 is 1.06 bits per heavy atom. The summed E-state index contributed by atoms with van der Waals surface area (Å²) < 4.78 is 5.04. The summed E-state index contributed by atoms with van der Waals surface area (Å²) in [6.07, 6.45) is 6.77. The Labute approximate surface area is 108 Å². The fourth-order valence-electron chi connectivity index (χ4n) is 2.72. The Morgan fingerprint density at radius 2 is 1.72 bits per heavy atom. The highest BCUT2D eigenvalue weighted by Crippen LogP contribution is 2.29. The number of amides is 1. The van der Waals surface area contributed by atoms with E-state index >= 15 is 0 Å². The first-order valence-corrected chi connectivity index (χ1v) is 7.17. The molecule has 0 spiro atoms. The standard InChI is InChI=1S/C14H23NO3/c1-2-18-14(17)11-6-8-12(9-7-11)15-13(16)10-4-3-5-10/h10-12H,2-9H2,1H3,(H,15,16). The topological polar surface area (TPSA) is 55.4 Å². The molecular weight excluding hydrogens is 230 g/mol. The Morgan fingerprint density at radius 3 is 2.22 bits per heavy atom. The minimum absolute atomic E-state index is 0.0433. The van der Waals surface area contributed by atoms with Gasteiger partial charge in [-0.25, -0.2) is 0 Å². The summed E-state index contributed by atoms with van der Waals surface area (Å²) in [7, 11) is 0. The zero-order valence-corrected chi connectivity index (χ0v) is 11.1. The highest BCUT2D eigenvalue weighted by molar-refractivity contribution is 5.79. The molecule has 4 heteroatoms. The maximum Gasteiger partial charge on any atom is 0.308 e. The van der Waals surface area contributed by atoms with Crippen LogP contribution in [-0.2, 0) is 14.3 Å². The van der Waals surface area contributed by atoms with E-state index in [4.69, 9.17) is 4.74 Å². The summed E-state index contributed by atoms with van der Waals surface area (Å²) in [5, 5.41) is 3.12. The summed E-state index contributed by atoms with van der Waals surface area (Å²) in [5.41, 5.74) is 0. The molecule has 2 aliphatic rings. The van der Waals surface area contributed by atoms with Crippen molar-refractivity contribution in [1.29, 1.82) is 0 Å². The van der Waals surface area contributed by atoms with E-state index in [9.17, 15) is 9.59 Å². The van der Waals surface area contributed by atoms with Crippen LogP contribution in [0.4, 0.5) is 0 Å². The first kappa shape index (κ1) is 13.4. The second-order valence-corrected chi connectivity index (χ2v) is 5.44. The lowest BCUT2D eigenvalue weighted by Gasteiger charge is -2.31. The molecule has 2 aliphatic carbocycles. The lowest BCUT2D eigenvalue weighted by molar-refractivity contribution is -0.149. The first-order chi connectivity index (χ1) is 8.70. The number of carbonyl (C=O) groups is 2. The van der Waals surface area contributed by atoms with Crippen LogP contribution in [0, 0.1) is 11.8 Å². The number of rotatable bonds is 4. The Balaban J connectivity index is 1.69. The fourth-order valence-corrected chi connectivity index (χ4v) is 2.72. The summed E-state index contributed by atoms with van der Waals surface area (Å²) in [4.78, 5) is 23.4. The molecule has 0 bridgehead atoms. The molecule has 0 aliphatic heterocycles. The van der Waals surface area contributed by atoms with Crippen molar-refractivity contribution in [2.24, 2.45) is 11.8 Å². The van der Waals surface area contributed by atoms with Crippen LogP contribution in [0.1, 0.15) is 51.9 Å². The molecule has 0 heterocycles. The molecule has 1 N–H and O–H groups in total. The molecule has 0 radical (unpaired) electrons. The maximum atomic E-state index is 11.8. The number of nitrogens with one attached hydrogen (secondary N) is 1. The summed E-state index contributed by atoms with van der Waals surface area (Å²) >= 11 is 0. The van der Waals surface area contributed by atoms with Crippen molar-refractivity contribution in [2.75, 3.05) is 6.61 Å². The Bertz CT molecular complexity index is 304. The van der Waals surface area contributed by atoms with Gasteiger partial charge in [0.1, 0.15) is 0 Å². The molecule has 0 saturated heterocycles. The van der Waals surface area contributed by atoms with E-state index in [0.717, 1.165) is 38.5 Å². The van der Waals surface area contributed by atoms with Gasteiger partial charge in [-0.15, -0.1) is 0 Å². The second kappa shape index (κ2) is 6.21. The molecule has 0 aromatic carbocycles. The van der Waals surface area contributed by atoms with Gasteiger partial charge in [-0.1, -0.05) is 6.42 Å². The number of ether oxygens (including phenoxy) is 1. The van der Waals surface area contributed by atoms with E-state index in [1.807, 2.05) is 6.92 Å². The lowest BCUT2D eigenvalue weighted by Crippen LogP contribution is -2.43.